The number of rotatable bonds is 4. The second kappa shape index (κ2) is 4.19. The number of hydrogen-bond donors (Lipinski definition) is 1. The fourth-order valence-corrected chi connectivity index (χ4v) is 2.48. The highest BCUT2D eigenvalue weighted by atomic mass is 14.9. The average molecular weight is 228 g/mol. The Bertz CT molecular complexity index is 535. The molecule has 1 N–H and O–H groups in total. The number of nitrogens with one attached hydrogen (secondary N) is 1. The van der Waals surface area contributed by atoms with Crippen LogP contribution in [0.4, 0.5) is 0 Å². The lowest BCUT2D eigenvalue weighted by Gasteiger charge is -2.01. The summed E-state index contributed by atoms with van der Waals surface area (Å²) in [6, 6.07) is 7.55. The van der Waals surface area contributed by atoms with Gasteiger partial charge in [0.25, 0.3) is 0 Å². The van der Waals surface area contributed by atoms with Crippen LogP contribution in [0.25, 0.3) is 10.9 Å². The summed E-state index contributed by atoms with van der Waals surface area (Å²) in [7, 11) is 2.14. The van der Waals surface area contributed by atoms with Gasteiger partial charge in [-0.3, -0.25) is 0 Å². The second-order valence-corrected chi connectivity index (χ2v) is 5.26. The van der Waals surface area contributed by atoms with E-state index in [-0.39, 0.29) is 0 Å². The van der Waals surface area contributed by atoms with Crippen LogP contribution < -0.4 is 5.32 Å². The third-order valence-electron chi connectivity index (χ3n) is 3.63. The fraction of sp³-hybridized carbons (Fsp3) is 0.467. The lowest BCUT2D eigenvalue weighted by molar-refractivity contribution is 0.682. The van der Waals surface area contributed by atoms with Gasteiger partial charge in [0.05, 0.1) is 0 Å². The lowest BCUT2D eigenvalue weighted by Crippen LogP contribution is -2.19. The van der Waals surface area contributed by atoms with Gasteiger partial charge in [-0.15, -0.1) is 0 Å². The van der Waals surface area contributed by atoms with Crippen molar-refractivity contribution in [1.29, 1.82) is 0 Å². The molecule has 1 aliphatic rings. The summed E-state index contributed by atoms with van der Waals surface area (Å²) < 4.78 is 2.24. The highest BCUT2D eigenvalue weighted by Gasteiger charge is 2.19. The summed E-state index contributed by atoms with van der Waals surface area (Å²) in [5.74, 6) is 0. The fourth-order valence-electron chi connectivity index (χ4n) is 2.48. The first-order valence-electron chi connectivity index (χ1n) is 6.52. The normalized spacial score (nSPS) is 15.6. The van der Waals surface area contributed by atoms with Crippen LogP contribution in [-0.2, 0) is 13.5 Å². The molecule has 0 bridgehead atoms. The second-order valence-electron chi connectivity index (χ2n) is 5.26. The molecule has 0 radical (unpaired) electrons. The highest BCUT2D eigenvalue weighted by molar-refractivity contribution is 5.84. The predicted molar refractivity (Wildman–Crippen MR) is 72.4 cm³/mol. The Kier molecular flexibility index (Phi) is 2.67. The lowest BCUT2D eigenvalue weighted by atomic mass is 10.1. The zero-order chi connectivity index (χ0) is 11.8. The predicted octanol–water partition coefficient (Wildman–Crippen LogP) is 2.78. The van der Waals surface area contributed by atoms with E-state index in [0.29, 0.717) is 0 Å². The molecule has 0 spiro atoms. The molecular formula is C15H20N2. The Labute approximate surface area is 103 Å². The molecule has 17 heavy (non-hydrogen) atoms. The van der Waals surface area contributed by atoms with E-state index in [1.165, 1.54) is 34.9 Å². The Balaban J connectivity index is 1.82. The molecule has 1 aliphatic carbocycles. The SMILES string of the molecule is Cc1ccc2c(CCNC3CC3)cn(C)c2c1. The van der Waals surface area contributed by atoms with E-state index >= 15 is 0 Å². The standard InChI is InChI=1S/C15H20N2/c1-11-3-6-14-12(7-8-16-13-4-5-13)10-17(2)15(14)9-11/h3,6,9-10,13,16H,4-5,7-8H2,1-2H3. The smallest absolute Gasteiger partial charge is 0.0483 e. The first kappa shape index (κ1) is 10.8. The van der Waals surface area contributed by atoms with Crippen molar-refractivity contribution < 1.29 is 0 Å². The van der Waals surface area contributed by atoms with Crippen LogP contribution in [0.3, 0.4) is 0 Å². The van der Waals surface area contributed by atoms with E-state index in [2.05, 4.69) is 48.3 Å². The van der Waals surface area contributed by atoms with Gasteiger partial charge < -0.3 is 9.88 Å². The maximum absolute atomic E-state index is 3.58. The maximum atomic E-state index is 3.58. The van der Waals surface area contributed by atoms with E-state index in [9.17, 15) is 0 Å². The number of fused-ring (bicyclic) bond motifs is 1. The van der Waals surface area contributed by atoms with Gasteiger partial charge in [0.2, 0.25) is 0 Å². The quantitative estimate of drug-likeness (QED) is 0.851. The van der Waals surface area contributed by atoms with E-state index in [1.54, 1.807) is 0 Å². The largest absolute Gasteiger partial charge is 0.350 e. The number of aryl methyl sites for hydroxylation is 2. The van der Waals surface area contributed by atoms with Gasteiger partial charge in [0.15, 0.2) is 0 Å². The van der Waals surface area contributed by atoms with Gasteiger partial charge in [-0.2, -0.15) is 0 Å². The van der Waals surface area contributed by atoms with Crippen LogP contribution in [0.15, 0.2) is 24.4 Å². The molecule has 0 aliphatic heterocycles. The molecule has 3 rings (SSSR count). The minimum Gasteiger partial charge on any atom is -0.350 e. The van der Waals surface area contributed by atoms with Crippen LogP contribution in [-0.4, -0.2) is 17.2 Å². The maximum Gasteiger partial charge on any atom is 0.0483 e. The summed E-state index contributed by atoms with van der Waals surface area (Å²) in [6.45, 7) is 3.26. The van der Waals surface area contributed by atoms with Crippen LogP contribution in [0, 0.1) is 6.92 Å². The third-order valence-corrected chi connectivity index (χ3v) is 3.63. The van der Waals surface area contributed by atoms with Gasteiger partial charge in [0, 0.05) is 30.2 Å². The molecule has 1 fully saturated rings. The molecular weight excluding hydrogens is 208 g/mol. The average Bonchev–Trinajstić information content (AvgIpc) is 3.06. The summed E-state index contributed by atoms with van der Waals surface area (Å²) in [6.07, 6.45) is 6.15. The number of hydrogen-bond acceptors (Lipinski definition) is 1. The molecule has 1 aromatic carbocycles. The number of nitrogens with zero attached hydrogens (tertiary/aromatic N) is 1. The Morgan fingerprint density at radius 2 is 2.18 bits per heavy atom. The minimum absolute atomic E-state index is 0.812. The summed E-state index contributed by atoms with van der Waals surface area (Å²) >= 11 is 0. The van der Waals surface area contributed by atoms with Crippen LogP contribution in [0.5, 0.6) is 0 Å². The number of aromatic nitrogens is 1. The van der Waals surface area contributed by atoms with Crippen molar-refractivity contribution in [2.24, 2.45) is 7.05 Å². The third kappa shape index (κ3) is 2.22. The van der Waals surface area contributed by atoms with Crippen LogP contribution >= 0.6 is 0 Å². The molecule has 90 valence electrons. The molecule has 1 heterocycles. The Morgan fingerprint density at radius 1 is 1.35 bits per heavy atom. The van der Waals surface area contributed by atoms with Gasteiger partial charge in [0.1, 0.15) is 0 Å². The van der Waals surface area contributed by atoms with E-state index in [1.807, 2.05) is 0 Å². The first-order chi connectivity index (χ1) is 8.24. The molecule has 2 aromatic rings. The first-order valence-corrected chi connectivity index (χ1v) is 6.52. The molecule has 1 saturated carbocycles. The molecule has 0 saturated heterocycles. The van der Waals surface area contributed by atoms with Crippen LogP contribution in [0.2, 0.25) is 0 Å². The van der Waals surface area contributed by atoms with Crippen molar-refractivity contribution in [2.75, 3.05) is 6.54 Å². The van der Waals surface area contributed by atoms with Gasteiger partial charge >= 0.3 is 0 Å². The van der Waals surface area contributed by atoms with Gasteiger partial charge in [-0.25, -0.2) is 0 Å². The topological polar surface area (TPSA) is 17.0 Å². The molecule has 2 nitrogen and oxygen atoms in total. The Hall–Kier alpha value is -1.28. The van der Waals surface area contributed by atoms with Gasteiger partial charge in [-0.1, -0.05) is 12.1 Å². The van der Waals surface area contributed by atoms with Crippen molar-refractivity contribution in [2.45, 2.75) is 32.2 Å². The summed E-state index contributed by atoms with van der Waals surface area (Å²) in [5.41, 5.74) is 4.16. The molecule has 0 unspecified atom stereocenters. The van der Waals surface area contributed by atoms with E-state index < -0.39 is 0 Å². The zero-order valence-corrected chi connectivity index (χ0v) is 10.7. The van der Waals surface area contributed by atoms with Gasteiger partial charge in [-0.05, 0) is 49.9 Å². The molecule has 0 atom stereocenters. The molecule has 2 heteroatoms. The van der Waals surface area contributed by atoms with Crippen molar-refractivity contribution in [1.82, 2.24) is 9.88 Å². The zero-order valence-electron chi connectivity index (χ0n) is 10.7. The monoisotopic (exact) mass is 228 g/mol. The summed E-state index contributed by atoms with van der Waals surface area (Å²) in [5, 5.41) is 4.99. The van der Waals surface area contributed by atoms with Crippen molar-refractivity contribution >= 4 is 10.9 Å². The highest BCUT2D eigenvalue weighted by Crippen LogP contribution is 2.23. The van der Waals surface area contributed by atoms with Crippen molar-refractivity contribution in [3.63, 3.8) is 0 Å². The molecule has 1 aromatic heterocycles. The minimum atomic E-state index is 0.812. The van der Waals surface area contributed by atoms with E-state index in [4.69, 9.17) is 0 Å². The van der Waals surface area contributed by atoms with E-state index in [0.717, 1.165) is 19.0 Å². The van der Waals surface area contributed by atoms with Crippen molar-refractivity contribution in [3.05, 3.63) is 35.5 Å². The number of benzene rings is 1. The van der Waals surface area contributed by atoms with Crippen molar-refractivity contribution in [3.8, 4) is 0 Å². The molecule has 0 amide bonds. The summed E-state index contributed by atoms with van der Waals surface area (Å²) in [4.78, 5) is 0. The van der Waals surface area contributed by atoms with Crippen LogP contribution in [0.1, 0.15) is 24.0 Å². The Morgan fingerprint density at radius 3 is 2.94 bits per heavy atom.